The minimum atomic E-state index is -4.02. The summed E-state index contributed by atoms with van der Waals surface area (Å²) in [5, 5.41) is 21.0. The molecule has 4 aromatic carbocycles. The average molecular weight is 929 g/mol. The number of benzene rings is 4. The first kappa shape index (κ1) is 45.3. The van der Waals surface area contributed by atoms with Gasteiger partial charge in [-0.15, -0.1) is 22.7 Å². The molecular formula is C48H40N4O8S4. The van der Waals surface area contributed by atoms with Crippen LogP contribution < -0.4 is 9.44 Å². The van der Waals surface area contributed by atoms with Gasteiger partial charge in [0.25, 0.3) is 20.0 Å². The highest BCUT2D eigenvalue weighted by Gasteiger charge is 2.29. The Morgan fingerprint density at radius 1 is 0.547 bits per heavy atom. The normalized spacial score (nSPS) is 12.3. The Hall–Kier alpha value is -6.76. The van der Waals surface area contributed by atoms with Crippen molar-refractivity contribution in [1.82, 2.24) is 19.4 Å². The minimum Gasteiger partial charge on any atom is -0.480 e. The van der Waals surface area contributed by atoms with E-state index in [0.29, 0.717) is 9.75 Å². The van der Waals surface area contributed by atoms with E-state index in [0.717, 1.165) is 77.9 Å². The molecule has 8 aromatic rings. The predicted molar refractivity (Wildman–Crippen MR) is 250 cm³/mol. The first-order valence-electron chi connectivity index (χ1n) is 19.6. The first-order chi connectivity index (χ1) is 30.6. The quantitative estimate of drug-likeness (QED) is 0.0667. The van der Waals surface area contributed by atoms with Crippen LogP contribution in [0, 0.1) is 37.5 Å². The number of aromatic amines is 2. The van der Waals surface area contributed by atoms with E-state index in [1.165, 1.54) is 12.1 Å². The highest BCUT2D eigenvalue weighted by Crippen LogP contribution is 2.25. The van der Waals surface area contributed by atoms with Gasteiger partial charge in [-0.25, -0.2) is 16.8 Å². The number of H-pyrrole nitrogens is 2. The zero-order chi connectivity index (χ0) is 45.4. The van der Waals surface area contributed by atoms with E-state index in [9.17, 15) is 36.6 Å². The second-order valence-corrected chi connectivity index (χ2v) is 20.7. The van der Waals surface area contributed by atoms with Crippen molar-refractivity contribution in [2.45, 2.75) is 47.2 Å². The lowest BCUT2D eigenvalue weighted by molar-refractivity contribution is -0.139. The van der Waals surface area contributed by atoms with Gasteiger partial charge in [0.05, 0.1) is 9.75 Å². The molecule has 0 bridgehead atoms. The van der Waals surface area contributed by atoms with Gasteiger partial charge in [0.1, 0.15) is 20.5 Å². The number of fused-ring (bicyclic) bond motifs is 2. The molecule has 0 fully saturated rings. The summed E-state index contributed by atoms with van der Waals surface area (Å²) in [5.41, 5.74) is 7.11. The highest BCUT2D eigenvalue weighted by molar-refractivity contribution is 7.92. The number of carboxylic acid groups (broad SMARTS) is 2. The average Bonchev–Trinajstić information content (AvgIpc) is 4.11. The second kappa shape index (κ2) is 19.7. The van der Waals surface area contributed by atoms with Crippen molar-refractivity contribution in [3.05, 3.63) is 177 Å². The van der Waals surface area contributed by atoms with Crippen molar-refractivity contribution >= 4 is 76.5 Å². The number of rotatable bonds is 12. The summed E-state index contributed by atoms with van der Waals surface area (Å²) in [4.78, 5) is 30.9. The Balaban J connectivity index is 0.000000191. The molecule has 0 radical (unpaired) electrons. The SMILES string of the molecule is Cc1ccc(C#Cc2ccc(S(=O)(=O)N[C@H](Cc3c[nH]c4ccccc34)C(=O)O)s2)cc1.Cc1ccc(C#Cc2ccc(S(=O)(=O)N[C@H](Cc3c[nH]c4ccccc34)C(=O)O)s2)cc1. The number of hydrogen-bond acceptors (Lipinski definition) is 8. The van der Waals surface area contributed by atoms with Gasteiger partial charge in [0.2, 0.25) is 0 Å². The standard InChI is InChI=1S/2C24H20N2O4S2/c2*1-16-6-8-17(9-7-16)10-11-19-12-13-23(31-19)32(29,30)26-22(24(27)28)14-18-15-25-21-5-3-2-4-20(18)21/h2*2-9,12-13,15,22,25-26H,14H2,1H3,(H,27,28)/t2*22-/m11/s1. The third-order valence-electron chi connectivity index (χ3n) is 9.84. The molecule has 0 aliphatic carbocycles. The number of aliphatic carboxylic acids is 2. The van der Waals surface area contributed by atoms with Gasteiger partial charge in [-0.2, -0.15) is 9.44 Å². The lowest BCUT2D eigenvalue weighted by Crippen LogP contribution is -2.42. The maximum absolute atomic E-state index is 12.8. The Morgan fingerprint density at radius 2 is 0.922 bits per heavy atom. The number of sulfonamides is 2. The third kappa shape index (κ3) is 11.4. The van der Waals surface area contributed by atoms with Gasteiger partial charge in [-0.05, 0) is 85.6 Å². The molecule has 8 rings (SSSR count). The van der Waals surface area contributed by atoms with E-state index < -0.39 is 44.1 Å². The number of thiophene rings is 2. The fourth-order valence-corrected chi connectivity index (χ4v) is 11.2. The van der Waals surface area contributed by atoms with Gasteiger partial charge >= 0.3 is 11.9 Å². The number of para-hydroxylation sites is 2. The molecule has 4 heterocycles. The van der Waals surface area contributed by atoms with Gasteiger partial charge in [0, 0.05) is 58.2 Å². The molecule has 0 saturated heterocycles. The molecule has 0 aliphatic heterocycles. The van der Waals surface area contributed by atoms with Crippen LogP contribution in [0.2, 0.25) is 0 Å². The van der Waals surface area contributed by atoms with Crippen LogP contribution in [-0.2, 0) is 42.5 Å². The van der Waals surface area contributed by atoms with Gasteiger partial charge < -0.3 is 20.2 Å². The van der Waals surface area contributed by atoms with E-state index in [-0.39, 0.29) is 21.3 Å². The van der Waals surface area contributed by atoms with E-state index >= 15 is 0 Å². The first-order valence-corrected chi connectivity index (χ1v) is 24.2. The molecule has 0 unspecified atom stereocenters. The molecule has 0 spiro atoms. The monoisotopic (exact) mass is 928 g/mol. The van der Waals surface area contributed by atoms with Gasteiger partial charge in [-0.3, -0.25) is 9.59 Å². The lowest BCUT2D eigenvalue weighted by atomic mass is 10.1. The predicted octanol–water partition coefficient (Wildman–Crippen LogP) is 7.82. The van der Waals surface area contributed by atoms with Crippen LogP contribution in [0.3, 0.4) is 0 Å². The molecule has 0 saturated carbocycles. The smallest absolute Gasteiger partial charge is 0.322 e. The topological polar surface area (TPSA) is 199 Å². The Kier molecular flexibility index (Phi) is 14.0. The highest BCUT2D eigenvalue weighted by atomic mass is 32.3. The van der Waals surface area contributed by atoms with Crippen molar-refractivity contribution in [2.75, 3.05) is 0 Å². The number of carbonyl (C=O) groups is 2. The number of carboxylic acids is 2. The summed E-state index contributed by atoms with van der Waals surface area (Å²) in [6.07, 6.45) is 3.45. The van der Waals surface area contributed by atoms with Crippen LogP contribution in [0.1, 0.15) is 43.1 Å². The molecule has 324 valence electrons. The zero-order valence-electron chi connectivity index (χ0n) is 34.2. The van der Waals surface area contributed by atoms with E-state index in [1.54, 1.807) is 24.5 Å². The molecule has 0 amide bonds. The summed E-state index contributed by atoms with van der Waals surface area (Å²) in [6, 6.07) is 33.9. The fourth-order valence-electron chi connectivity index (χ4n) is 6.50. The molecule has 4 aromatic heterocycles. The van der Waals surface area contributed by atoms with Crippen LogP contribution in [0.4, 0.5) is 0 Å². The number of nitrogens with one attached hydrogen (secondary N) is 4. The molecule has 6 N–H and O–H groups in total. The Bertz CT molecular complexity index is 3100. The molecular weight excluding hydrogens is 889 g/mol. The number of aryl methyl sites for hydroxylation is 2. The van der Waals surface area contributed by atoms with Crippen LogP contribution in [0.25, 0.3) is 21.8 Å². The summed E-state index contributed by atoms with van der Waals surface area (Å²) in [7, 11) is -8.04. The maximum atomic E-state index is 12.8. The van der Waals surface area contributed by atoms with Crippen molar-refractivity contribution in [2.24, 2.45) is 0 Å². The van der Waals surface area contributed by atoms with Crippen LogP contribution in [-0.4, -0.2) is 61.0 Å². The second-order valence-electron chi connectivity index (χ2n) is 14.6. The largest absolute Gasteiger partial charge is 0.480 e. The minimum absolute atomic E-state index is 0.0179. The van der Waals surface area contributed by atoms with Crippen LogP contribution in [0.5, 0.6) is 0 Å². The summed E-state index contributed by atoms with van der Waals surface area (Å²) in [5.74, 6) is 9.45. The van der Waals surface area contributed by atoms with Gasteiger partial charge in [-0.1, -0.05) is 95.5 Å². The number of aromatic nitrogens is 2. The molecule has 2 atom stereocenters. The van der Waals surface area contributed by atoms with Crippen LogP contribution >= 0.6 is 22.7 Å². The molecule has 12 nitrogen and oxygen atoms in total. The Labute approximate surface area is 378 Å². The lowest BCUT2D eigenvalue weighted by Gasteiger charge is -2.13. The fraction of sp³-hybridized carbons (Fsp3) is 0.125. The van der Waals surface area contributed by atoms with Crippen LogP contribution in [0.15, 0.2) is 142 Å². The van der Waals surface area contributed by atoms with E-state index in [4.69, 9.17) is 0 Å². The van der Waals surface area contributed by atoms with Crippen molar-refractivity contribution in [3.63, 3.8) is 0 Å². The van der Waals surface area contributed by atoms with Crippen molar-refractivity contribution in [3.8, 4) is 23.7 Å². The van der Waals surface area contributed by atoms with Crippen molar-refractivity contribution in [1.29, 1.82) is 0 Å². The van der Waals surface area contributed by atoms with Crippen molar-refractivity contribution < 1.29 is 36.6 Å². The molecule has 16 heteroatoms. The van der Waals surface area contributed by atoms with E-state index in [2.05, 4.69) is 43.1 Å². The number of hydrogen-bond donors (Lipinski definition) is 6. The Morgan fingerprint density at radius 3 is 1.30 bits per heavy atom. The molecule has 0 aliphatic rings. The maximum Gasteiger partial charge on any atom is 0.322 e. The summed E-state index contributed by atoms with van der Waals surface area (Å²) >= 11 is 2.01. The third-order valence-corrected chi connectivity index (χ3v) is 15.8. The summed E-state index contributed by atoms with van der Waals surface area (Å²) < 4.78 is 56.1. The zero-order valence-corrected chi connectivity index (χ0v) is 37.5. The van der Waals surface area contributed by atoms with E-state index in [1.807, 2.05) is 111 Å². The summed E-state index contributed by atoms with van der Waals surface area (Å²) in [6.45, 7) is 3.98. The van der Waals surface area contributed by atoms with Gasteiger partial charge in [0.15, 0.2) is 0 Å². The molecule has 64 heavy (non-hydrogen) atoms.